The molecule has 0 fully saturated rings. The first-order valence-electron chi connectivity index (χ1n) is 7.18. The predicted octanol–water partition coefficient (Wildman–Crippen LogP) is 3.49. The summed E-state index contributed by atoms with van der Waals surface area (Å²) in [5.41, 5.74) is 2.50. The van der Waals surface area contributed by atoms with E-state index in [1.54, 1.807) is 13.0 Å². The second-order valence-corrected chi connectivity index (χ2v) is 7.27. The largest absolute Gasteiger partial charge is 0.218 e. The van der Waals surface area contributed by atoms with E-state index < -0.39 is 15.8 Å². The van der Waals surface area contributed by atoms with Gasteiger partial charge in [-0.3, -0.25) is 0 Å². The fourth-order valence-electron chi connectivity index (χ4n) is 2.35. The first kappa shape index (κ1) is 16.6. The van der Waals surface area contributed by atoms with E-state index in [4.69, 9.17) is 0 Å². The van der Waals surface area contributed by atoms with Gasteiger partial charge >= 0.3 is 0 Å². The molecule has 0 atom stereocenters. The lowest BCUT2D eigenvalue weighted by molar-refractivity contribution is 0.422. The van der Waals surface area contributed by atoms with Crippen molar-refractivity contribution in [3.8, 4) is 0 Å². The van der Waals surface area contributed by atoms with Crippen LogP contribution in [-0.2, 0) is 22.3 Å². The van der Waals surface area contributed by atoms with Crippen molar-refractivity contribution in [3.63, 3.8) is 0 Å². The summed E-state index contributed by atoms with van der Waals surface area (Å²) in [6.45, 7) is 4.49. The van der Waals surface area contributed by atoms with Crippen LogP contribution in [-0.4, -0.2) is 19.3 Å². The van der Waals surface area contributed by atoms with Gasteiger partial charge in [0.1, 0.15) is 5.82 Å². The number of nitrogens with zero attached hydrogens (tertiary/aromatic N) is 1. The van der Waals surface area contributed by atoms with Crippen LogP contribution in [0.15, 0.2) is 48.5 Å². The number of rotatable bonds is 6. The Labute approximate surface area is 131 Å². The van der Waals surface area contributed by atoms with E-state index in [0.29, 0.717) is 18.7 Å². The Hall–Kier alpha value is -1.72. The third kappa shape index (κ3) is 4.39. The van der Waals surface area contributed by atoms with Crippen LogP contribution < -0.4 is 0 Å². The number of hydrogen-bond acceptors (Lipinski definition) is 2. The zero-order chi connectivity index (χ0) is 16.2. The number of halogens is 1. The van der Waals surface area contributed by atoms with E-state index in [1.165, 1.54) is 22.5 Å². The van der Waals surface area contributed by atoms with E-state index in [-0.39, 0.29) is 5.75 Å². The molecule has 2 rings (SSSR count). The van der Waals surface area contributed by atoms with Gasteiger partial charge in [-0.25, -0.2) is 12.8 Å². The van der Waals surface area contributed by atoms with Gasteiger partial charge in [-0.05, 0) is 30.2 Å². The zero-order valence-corrected chi connectivity index (χ0v) is 13.6. The van der Waals surface area contributed by atoms with Crippen LogP contribution in [0.5, 0.6) is 0 Å². The smallest absolute Gasteiger partial charge is 0.212 e. The van der Waals surface area contributed by atoms with Crippen molar-refractivity contribution in [3.05, 3.63) is 71.0 Å². The molecule has 2 aromatic rings. The van der Waals surface area contributed by atoms with Gasteiger partial charge in [0.25, 0.3) is 0 Å². The normalized spacial score (nSPS) is 11.8. The lowest BCUT2D eigenvalue weighted by Gasteiger charge is -2.21. The highest BCUT2D eigenvalue weighted by Crippen LogP contribution is 2.16. The Morgan fingerprint density at radius 1 is 1.05 bits per heavy atom. The number of benzene rings is 2. The van der Waals surface area contributed by atoms with Crippen LogP contribution in [0.1, 0.15) is 23.6 Å². The number of hydrogen-bond donors (Lipinski definition) is 0. The third-order valence-electron chi connectivity index (χ3n) is 3.43. The summed E-state index contributed by atoms with van der Waals surface area (Å²) < 4.78 is 39.7. The monoisotopic (exact) mass is 321 g/mol. The predicted molar refractivity (Wildman–Crippen MR) is 86.3 cm³/mol. The standard InChI is InChI=1S/C17H20FNO2S/c1-3-19(12-15-7-4-6-14(2)10-15)22(20,21)13-16-8-5-9-17(18)11-16/h4-11H,3,12-13H2,1-2H3. The van der Waals surface area contributed by atoms with Crippen LogP contribution in [0, 0.1) is 12.7 Å². The van der Waals surface area contributed by atoms with Crippen LogP contribution in [0.25, 0.3) is 0 Å². The molecule has 22 heavy (non-hydrogen) atoms. The van der Waals surface area contributed by atoms with Gasteiger partial charge < -0.3 is 0 Å². The molecule has 0 N–H and O–H groups in total. The Kier molecular flexibility index (Phi) is 5.32. The summed E-state index contributed by atoms with van der Waals surface area (Å²) in [6.07, 6.45) is 0. The summed E-state index contributed by atoms with van der Waals surface area (Å²) in [5.74, 6) is -0.612. The minimum Gasteiger partial charge on any atom is -0.212 e. The molecule has 0 bridgehead atoms. The van der Waals surface area contributed by atoms with Gasteiger partial charge in [0.2, 0.25) is 10.0 Å². The first-order valence-corrected chi connectivity index (χ1v) is 8.79. The lowest BCUT2D eigenvalue weighted by atomic mass is 10.1. The van der Waals surface area contributed by atoms with Gasteiger partial charge in [-0.1, -0.05) is 48.9 Å². The highest BCUT2D eigenvalue weighted by Gasteiger charge is 2.21. The molecule has 0 spiro atoms. The topological polar surface area (TPSA) is 37.4 Å². The highest BCUT2D eigenvalue weighted by molar-refractivity contribution is 7.88. The molecule has 0 saturated carbocycles. The van der Waals surface area contributed by atoms with Crippen LogP contribution >= 0.6 is 0 Å². The molecule has 0 unspecified atom stereocenters. The second-order valence-electron chi connectivity index (χ2n) is 5.30. The maximum absolute atomic E-state index is 13.2. The van der Waals surface area contributed by atoms with Gasteiger partial charge in [0, 0.05) is 13.1 Å². The molecule has 3 nitrogen and oxygen atoms in total. The van der Waals surface area contributed by atoms with Crippen molar-refractivity contribution in [2.45, 2.75) is 26.1 Å². The SMILES string of the molecule is CCN(Cc1cccc(C)c1)S(=O)(=O)Cc1cccc(F)c1. The fraction of sp³-hybridized carbons (Fsp3) is 0.294. The zero-order valence-electron chi connectivity index (χ0n) is 12.8. The average molecular weight is 321 g/mol. The third-order valence-corrected chi connectivity index (χ3v) is 5.30. The molecule has 5 heteroatoms. The number of sulfonamides is 1. The molecule has 0 aromatic heterocycles. The molecule has 0 aliphatic heterocycles. The van der Waals surface area contributed by atoms with Crippen molar-refractivity contribution >= 4 is 10.0 Å². The van der Waals surface area contributed by atoms with Crippen molar-refractivity contribution in [2.75, 3.05) is 6.54 Å². The van der Waals surface area contributed by atoms with Crippen LogP contribution in [0.3, 0.4) is 0 Å². The van der Waals surface area contributed by atoms with Crippen LogP contribution in [0.2, 0.25) is 0 Å². The minimum atomic E-state index is -3.49. The molecule has 0 aliphatic carbocycles. The van der Waals surface area contributed by atoms with E-state index in [0.717, 1.165) is 11.1 Å². The molecule has 0 saturated heterocycles. The molecule has 0 aliphatic rings. The summed E-state index contributed by atoms with van der Waals surface area (Å²) in [7, 11) is -3.49. The van der Waals surface area contributed by atoms with E-state index >= 15 is 0 Å². The molecule has 0 amide bonds. The highest BCUT2D eigenvalue weighted by atomic mass is 32.2. The summed E-state index contributed by atoms with van der Waals surface area (Å²) >= 11 is 0. The van der Waals surface area contributed by atoms with Crippen molar-refractivity contribution < 1.29 is 12.8 Å². The maximum Gasteiger partial charge on any atom is 0.218 e. The van der Waals surface area contributed by atoms with Crippen LogP contribution in [0.4, 0.5) is 4.39 Å². The van der Waals surface area contributed by atoms with Crippen molar-refractivity contribution in [1.82, 2.24) is 4.31 Å². The lowest BCUT2D eigenvalue weighted by Crippen LogP contribution is -2.31. The Morgan fingerprint density at radius 2 is 1.73 bits per heavy atom. The molecular formula is C17H20FNO2S. The molecule has 0 radical (unpaired) electrons. The van der Waals surface area contributed by atoms with Gasteiger partial charge in [-0.2, -0.15) is 4.31 Å². The molecule has 118 valence electrons. The average Bonchev–Trinajstić information content (AvgIpc) is 2.44. The Balaban J connectivity index is 2.18. The molecule has 2 aromatic carbocycles. The van der Waals surface area contributed by atoms with E-state index in [2.05, 4.69) is 0 Å². The summed E-state index contributed by atoms with van der Waals surface area (Å²) in [4.78, 5) is 0. The van der Waals surface area contributed by atoms with E-state index in [9.17, 15) is 12.8 Å². The number of aryl methyl sites for hydroxylation is 1. The Morgan fingerprint density at radius 3 is 2.36 bits per heavy atom. The van der Waals surface area contributed by atoms with Gasteiger partial charge in [0.15, 0.2) is 0 Å². The van der Waals surface area contributed by atoms with Gasteiger partial charge in [-0.15, -0.1) is 0 Å². The summed E-state index contributed by atoms with van der Waals surface area (Å²) in [6, 6.07) is 13.5. The molecular weight excluding hydrogens is 301 g/mol. The minimum absolute atomic E-state index is 0.190. The van der Waals surface area contributed by atoms with E-state index in [1.807, 2.05) is 31.2 Å². The quantitative estimate of drug-likeness (QED) is 0.817. The van der Waals surface area contributed by atoms with Crippen molar-refractivity contribution in [1.29, 1.82) is 0 Å². The first-order chi connectivity index (χ1) is 10.4. The Bertz CT molecular complexity index is 744. The molecule has 0 heterocycles. The fourth-order valence-corrected chi connectivity index (χ4v) is 3.87. The maximum atomic E-state index is 13.2. The van der Waals surface area contributed by atoms with Gasteiger partial charge in [0.05, 0.1) is 5.75 Å². The second kappa shape index (κ2) is 7.03. The van der Waals surface area contributed by atoms with Crippen molar-refractivity contribution in [2.24, 2.45) is 0 Å². The summed E-state index contributed by atoms with van der Waals surface area (Å²) in [5, 5.41) is 0.